The Morgan fingerprint density at radius 1 is 1.50 bits per heavy atom. The summed E-state index contributed by atoms with van der Waals surface area (Å²) in [6.45, 7) is 6.25. The van der Waals surface area contributed by atoms with Crippen molar-refractivity contribution in [1.29, 1.82) is 0 Å². The van der Waals surface area contributed by atoms with Gasteiger partial charge >= 0.3 is 5.97 Å². The number of carbonyl (C=O) groups is 1. The van der Waals surface area contributed by atoms with Crippen LogP contribution in [0.25, 0.3) is 0 Å². The topological polar surface area (TPSA) is 49.8 Å². The van der Waals surface area contributed by atoms with Gasteiger partial charge in [-0.2, -0.15) is 0 Å². The van der Waals surface area contributed by atoms with Gasteiger partial charge in [0.05, 0.1) is 19.1 Å². The molecule has 1 aliphatic heterocycles. The van der Waals surface area contributed by atoms with E-state index in [0.29, 0.717) is 19.8 Å². The summed E-state index contributed by atoms with van der Waals surface area (Å²) in [6, 6.07) is 5.91. The van der Waals surface area contributed by atoms with Gasteiger partial charge in [0.15, 0.2) is 0 Å². The second-order valence-corrected chi connectivity index (χ2v) is 5.60. The summed E-state index contributed by atoms with van der Waals surface area (Å²) in [6.07, 6.45) is 0. The molecule has 110 valence electrons. The number of likely N-dealkylation sites (N-methyl/N-ethyl adjacent to an activating group) is 1. The van der Waals surface area contributed by atoms with E-state index in [9.17, 15) is 9.90 Å². The fourth-order valence-electron chi connectivity index (χ4n) is 2.57. The van der Waals surface area contributed by atoms with Gasteiger partial charge in [-0.3, -0.25) is 9.69 Å². The van der Waals surface area contributed by atoms with E-state index >= 15 is 0 Å². The average molecular weight is 298 g/mol. The highest BCUT2D eigenvalue weighted by Crippen LogP contribution is 2.23. The normalized spacial score (nSPS) is 22.4. The Bertz CT molecular complexity index is 492. The molecule has 1 aromatic carbocycles. The minimum atomic E-state index is -0.784. The Morgan fingerprint density at radius 3 is 2.85 bits per heavy atom. The number of aryl methyl sites for hydroxylation is 1. The summed E-state index contributed by atoms with van der Waals surface area (Å²) in [7, 11) is 0. The maximum atomic E-state index is 11.3. The number of rotatable bonds is 5. The Morgan fingerprint density at radius 2 is 2.25 bits per heavy atom. The van der Waals surface area contributed by atoms with Crippen LogP contribution in [-0.4, -0.2) is 41.8 Å². The van der Waals surface area contributed by atoms with Crippen molar-refractivity contribution in [3.05, 3.63) is 34.3 Å². The Kier molecular flexibility index (Phi) is 5.02. The zero-order chi connectivity index (χ0) is 14.7. The SMILES string of the molecule is CCN(Cc1ccc(C)c(Cl)c1)C1COCC1C(=O)O. The predicted molar refractivity (Wildman–Crippen MR) is 78.0 cm³/mol. The number of halogens is 1. The number of carboxylic acid groups (broad SMARTS) is 1. The number of carboxylic acids is 1. The minimum absolute atomic E-state index is 0.0717. The highest BCUT2D eigenvalue weighted by atomic mass is 35.5. The third-order valence-electron chi connectivity index (χ3n) is 3.86. The molecule has 2 rings (SSSR count). The summed E-state index contributed by atoms with van der Waals surface area (Å²) in [5.41, 5.74) is 2.14. The quantitative estimate of drug-likeness (QED) is 0.907. The molecule has 2 unspecified atom stereocenters. The molecule has 1 aromatic rings. The Balaban J connectivity index is 2.12. The molecule has 1 N–H and O–H groups in total. The number of benzene rings is 1. The maximum Gasteiger partial charge on any atom is 0.310 e. The van der Waals surface area contributed by atoms with E-state index in [1.165, 1.54) is 0 Å². The van der Waals surface area contributed by atoms with E-state index in [4.69, 9.17) is 16.3 Å². The smallest absolute Gasteiger partial charge is 0.310 e. The molecule has 1 fully saturated rings. The summed E-state index contributed by atoms with van der Waals surface area (Å²) >= 11 is 6.14. The van der Waals surface area contributed by atoms with Gasteiger partial charge < -0.3 is 9.84 Å². The molecule has 0 saturated carbocycles. The van der Waals surface area contributed by atoms with E-state index in [1.54, 1.807) is 0 Å². The third-order valence-corrected chi connectivity index (χ3v) is 4.27. The molecule has 0 spiro atoms. The van der Waals surface area contributed by atoms with Gasteiger partial charge in [-0.25, -0.2) is 0 Å². The van der Waals surface area contributed by atoms with Crippen molar-refractivity contribution in [2.75, 3.05) is 19.8 Å². The van der Waals surface area contributed by atoms with Crippen molar-refractivity contribution in [1.82, 2.24) is 4.90 Å². The lowest BCUT2D eigenvalue weighted by Crippen LogP contribution is -2.42. The Hall–Kier alpha value is -1.10. The summed E-state index contributed by atoms with van der Waals surface area (Å²) in [5.74, 6) is -1.23. The van der Waals surface area contributed by atoms with Crippen molar-refractivity contribution >= 4 is 17.6 Å². The highest BCUT2D eigenvalue weighted by molar-refractivity contribution is 6.31. The standard InChI is InChI=1S/C15H20ClNO3/c1-3-17(14-9-20-8-12(14)15(18)19)7-11-5-4-10(2)13(16)6-11/h4-6,12,14H,3,7-9H2,1-2H3,(H,18,19). The van der Waals surface area contributed by atoms with Crippen molar-refractivity contribution in [2.24, 2.45) is 5.92 Å². The first kappa shape index (κ1) is 15.3. The first-order valence-corrected chi connectivity index (χ1v) is 7.20. The lowest BCUT2D eigenvalue weighted by Gasteiger charge is -2.29. The summed E-state index contributed by atoms with van der Waals surface area (Å²) < 4.78 is 5.35. The molecular formula is C15H20ClNO3. The van der Waals surface area contributed by atoms with Gasteiger partial charge in [-0.15, -0.1) is 0 Å². The monoisotopic (exact) mass is 297 g/mol. The van der Waals surface area contributed by atoms with Gasteiger partial charge in [-0.05, 0) is 30.7 Å². The second kappa shape index (κ2) is 6.57. The molecule has 20 heavy (non-hydrogen) atoms. The zero-order valence-electron chi connectivity index (χ0n) is 11.8. The van der Waals surface area contributed by atoms with Crippen molar-refractivity contribution in [3.63, 3.8) is 0 Å². The van der Waals surface area contributed by atoms with Crippen LogP contribution in [0.2, 0.25) is 5.02 Å². The van der Waals surface area contributed by atoms with Crippen LogP contribution in [-0.2, 0) is 16.1 Å². The molecule has 1 aliphatic rings. The molecule has 5 heteroatoms. The van der Waals surface area contributed by atoms with Gasteiger partial charge in [-0.1, -0.05) is 30.7 Å². The molecule has 1 saturated heterocycles. The van der Waals surface area contributed by atoms with E-state index in [2.05, 4.69) is 4.90 Å². The van der Waals surface area contributed by atoms with Crippen LogP contribution in [0.15, 0.2) is 18.2 Å². The van der Waals surface area contributed by atoms with E-state index in [-0.39, 0.29) is 6.04 Å². The first-order chi connectivity index (χ1) is 9.52. The lowest BCUT2D eigenvalue weighted by molar-refractivity contribution is -0.143. The first-order valence-electron chi connectivity index (χ1n) is 6.82. The lowest BCUT2D eigenvalue weighted by atomic mass is 10.0. The van der Waals surface area contributed by atoms with E-state index in [0.717, 1.165) is 22.7 Å². The fourth-order valence-corrected chi connectivity index (χ4v) is 2.77. The highest BCUT2D eigenvalue weighted by Gasteiger charge is 2.37. The molecule has 0 bridgehead atoms. The second-order valence-electron chi connectivity index (χ2n) is 5.20. The number of hydrogen-bond donors (Lipinski definition) is 1. The minimum Gasteiger partial charge on any atom is -0.481 e. The van der Waals surface area contributed by atoms with Crippen LogP contribution in [0.3, 0.4) is 0 Å². The fraction of sp³-hybridized carbons (Fsp3) is 0.533. The molecule has 0 aliphatic carbocycles. The number of ether oxygens (including phenoxy) is 1. The zero-order valence-corrected chi connectivity index (χ0v) is 12.6. The number of aliphatic carboxylic acids is 1. The largest absolute Gasteiger partial charge is 0.481 e. The molecule has 2 atom stereocenters. The van der Waals surface area contributed by atoms with Crippen LogP contribution in [0.5, 0.6) is 0 Å². The van der Waals surface area contributed by atoms with Crippen LogP contribution in [0.4, 0.5) is 0 Å². The van der Waals surface area contributed by atoms with Crippen LogP contribution in [0.1, 0.15) is 18.1 Å². The van der Waals surface area contributed by atoms with Crippen molar-refractivity contribution < 1.29 is 14.6 Å². The predicted octanol–water partition coefficient (Wildman–Crippen LogP) is 2.57. The molecule has 4 nitrogen and oxygen atoms in total. The van der Waals surface area contributed by atoms with Gasteiger partial charge in [0.2, 0.25) is 0 Å². The van der Waals surface area contributed by atoms with Gasteiger partial charge in [0, 0.05) is 17.6 Å². The molecule has 0 radical (unpaired) electrons. The summed E-state index contributed by atoms with van der Waals surface area (Å²) in [4.78, 5) is 13.4. The van der Waals surface area contributed by atoms with Crippen molar-refractivity contribution in [3.8, 4) is 0 Å². The van der Waals surface area contributed by atoms with Crippen molar-refractivity contribution in [2.45, 2.75) is 26.4 Å². The van der Waals surface area contributed by atoms with Crippen LogP contribution >= 0.6 is 11.6 Å². The van der Waals surface area contributed by atoms with E-state index < -0.39 is 11.9 Å². The third kappa shape index (κ3) is 3.32. The summed E-state index contributed by atoms with van der Waals surface area (Å²) in [5, 5.41) is 9.99. The molecular weight excluding hydrogens is 278 g/mol. The maximum absolute atomic E-state index is 11.3. The van der Waals surface area contributed by atoms with E-state index in [1.807, 2.05) is 32.0 Å². The van der Waals surface area contributed by atoms with Gasteiger partial charge in [0.1, 0.15) is 0 Å². The average Bonchev–Trinajstić information content (AvgIpc) is 2.89. The molecule has 0 aromatic heterocycles. The molecule has 1 heterocycles. The van der Waals surface area contributed by atoms with Crippen LogP contribution < -0.4 is 0 Å². The number of hydrogen-bond acceptors (Lipinski definition) is 3. The molecule has 0 amide bonds. The van der Waals surface area contributed by atoms with Crippen LogP contribution in [0, 0.1) is 12.8 Å². The Labute approximate surface area is 124 Å². The number of nitrogens with zero attached hydrogens (tertiary/aromatic N) is 1. The van der Waals surface area contributed by atoms with Gasteiger partial charge in [0.25, 0.3) is 0 Å².